The van der Waals surface area contributed by atoms with E-state index in [1.54, 1.807) is 0 Å². The molecule has 2 rings (SSSR count). The summed E-state index contributed by atoms with van der Waals surface area (Å²) in [5.74, 6) is 1.33. The van der Waals surface area contributed by atoms with Crippen LogP contribution in [0.25, 0.3) is 0 Å². The fourth-order valence-corrected chi connectivity index (χ4v) is 3.15. The van der Waals surface area contributed by atoms with Crippen molar-refractivity contribution in [3.05, 3.63) is 12.2 Å². The molecule has 0 bridgehead atoms. The Balaban J connectivity index is 1.75. The molecule has 92 valence electrons. The summed E-state index contributed by atoms with van der Waals surface area (Å²) < 4.78 is 0. The molecule has 0 unspecified atom stereocenters. The largest absolute Gasteiger partial charge is 0.396 e. The van der Waals surface area contributed by atoms with Gasteiger partial charge >= 0.3 is 0 Å². The Hall–Kier alpha value is -0.340. The van der Waals surface area contributed by atoms with Gasteiger partial charge in [0.05, 0.1) is 0 Å². The Morgan fingerprint density at radius 1 is 1.25 bits per heavy atom. The van der Waals surface area contributed by atoms with Gasteiger partial charge in [0.2, 0.25) is 0 Å². The fraction of sp³-hybridized carbons (Fsp3) is 0.857. The van der Waals surface area contributed by atoms with Crippen LogP contribution in [0.2, 0.25) is 0 Å². The minimum atomic E-state index is 0.303. The van der Waals surface area contributed by atoms with Crippen molar-refractivity contribution in [3.63, 3.8) is 0 Å². The van der Waals surface area contributed by atoms with Gasteiger partial charge in [-0.25, -0.2) is 0 Å². The Morgan fingerprint density at radius 2 is 2.12 bits per heavy atom. The summed E-state index contributed by atoms with van der Waals surface area (Å²) >= 11 is 0. The van der Waals surface area contributed by atoms with Gasteiger partial charge in [-0.3, -0.25) is 0 Å². The lowest BCUT2D eigenvalue weighted by Gasteiger charge is -2.31. The Kier molecular flexibility index (Phi) is 4.42. The average molecular weight is 223 g/mol. The molecule has 0 aromatic heterocycles. The molecule has 1 fully saturated rings. The standard InChI is InChI=1S/C14H25NO/c1-2-11-4-3-5-13(8-11)15-14-7-6-12(9-14)10-16/h6-7,11-16H,2-5,8-10H2,1H3/t11-,12+,13-,14-/m1/s1. The molecule has 4 atom stereocenters. The van der Waals surface area contributed by atoms with Gasteiger partial charge in [0.15, 0.2) is 0 Å². The SMILES string of the molecule is CC[C@@H]1CCC[C@@H](N[C@@H]2C=C[C@H](CO)C2)C1. The summed E-state index contributed by atoms with van der Waals surface area (Å²) in [6, 6.07) is 1.23. The van der Waals surface area contributed by atoms with E-state index < -0.39 is 0 Å². The van der Waals surface area contributed by atoms with Crippen molar-refractivity contribution in [2.24, 2.45) is 11.8 Å². The molecule has 1 saturated carbocycles. The molecule has 16 heavy (non-hydrogen) atoms. The van der Waals surface area contributed by atoms with Gasteiger partial charge in [-0.15, -0.1) is 0 Å². The molecular formula is C14H25NO. The van der Waals surface area contributed by atoms with Crippen molar-refractivity contribution in [3.8, 4) is 0 Å². The van der Waals surface area contributed by atoms with Gasteiger partial charge in [0.1, 0.15) is 0 Å². The summed E-state index contributed by atoms with van der Waals surface area (Å²) in [7, 11) is 0. The molecule has 2 N–H and O–H groups in total. The first-order valence-corrected chi connectivity index (χ1v) is 6.87. The maximum absolute atomic E-state index is 9.09. The van der Waals surface area contributed by atoms with Gasteiger partial charge in [0.25, 0.3) is 0 Å². The van der Waals surface area contributed by atoms with Gasteiger partial charge in [0, 0.05) is 24.6 Å². The molecule has 0 saturated heterocycles. The predicted octanol–water partition coefficient (Wildman–Crippen LogP) is 2.48. The molecule has 2 aliphatic carbocycles. The first kappa shape index (κ1) is 12.1. The Morgan fingerprint density at radius 3 is 2.81 bits per heavy atom. The molecule has 2 nitrogen and oxygen atoms in total. The maximum atomic E-state index is 9.09. The van der Waals surface area contributed by atoms with Crippen molar-refractivity contribution in [2.75, 3.05) is 6.61 Å². The van der Waals surface area contributed by atoms with Crippen molar-refractivity contribution in [1.29, 1.82) is 0 Å². The van der Waals surface area contributed by atoms with Crippen LogP contribution >= 0.6 is 0 Å². The van der Waals surface area contributed by atoms with E-state index in [1.807, 2.05) is 0 Å². The van der Waals surface area contributed by atoms with E-state index in [2.05, 4.69) is 24.4 Å². The van der Waals surface area contributed by atoms with Crippen LogP contribution in [0.5, 0.6) is 0 Å². The molecule has 0 radical (unpaired) electrons. The second-order valence-corrected chi connectivity index (χ2v) is 5.47. The third kappa shape index (κ3) is 3.08. The molecule has 0 spiro atoms. The van der Waals surface area contributed by atoms with Crippen molar-refractivity contribution >= 4 is 0 Å². The zero-order chi connectivity index (χ0) is 11.4. The maximum Gasteiger partial charge on any atom is 0.0494 e. The Labute approximate surface area is 99.1 Å². The highest BCUT2D eigenvalue weighted by Gasteiger charge is 2.25. The van der Waals surface area contributed by atoms with Crippen LogP contribution in [0.15, 0.2) is 12.2 Å². The first-order valence-electron chi connectivity index (χ1n) is 6.87. The molecule has 0 heterocycles. The predicted molar refractivity (Wildman–Crippen MR) is 67.3 cm³/mol. The van der Waals surface area contributed by atoms with Crippen LogP contribution in [0.3, 0.4) is 0 Å². The van der Waals surface area contributed by atoms with Crippen LogP contribution in [0, 0.1) is 11.8 Å². The lowest BCUT2D eigenvalue weighted by Crippen LogP contribution is -2.39. The number of hydrogen-bond donors (Lipinski definition) is 2. The summed E-state index contributed by atoms with van der Waals surface area (Å²) in [6.45, 7) is 2.61. The fourth-order valence-electron chi connectivity index (χ4n) is 3.15. The number of hydrogen-bond acceptors (Lipinski definition) is 2. The second-order valence-electron chi connectivity index (χ2n) is 5.47. The van der Waals surface area contributed by atoms with E-state index in [0.29, 0.717) is 24.6 Å². The van der Waals surface area contributed by atoms with Crippen molar-refractivity contribution in [2.45, 2.75) is 57.5 Å². The summed E-state index contributed by atoms with van der Waals surface area (Å²) in [6.07, 6.45) is 12.3. The molecule has 2 heteroatoms. The van der Waals surface area contributed by atoms with E-state index in [1.165, 1.54) is 32.1 Å². The average Bonchev–Trinajstić information content (AvgIpc) is 2.77. The molecule has 0 aromatic carbocycles. The quantitative estimate of drug-likeness (QED) is 0.718. The number of rotatable bonds is 4. The van der Waals surface area contributed by atoms with Crippen LogP contribution in [0.1, 0.15) is 45.4 Å². The highest BCUT2D eigenvalue weighted by molar-refractivity contribution is 5.06. The van der Waals surface area contributed by atoms with E-state index in [4.69, 9.17) is 5.11 Å². The summed E-state index contributed by atoms with van der Waals surface area (Å²) in [5.41, 5.74) is 0. The van der Waals surface area contributed by atoms with Crippen LogP contribution in [0.4, 0.5) is 0 Å². The van der Waals surface area contributed by atoms with Crippen molar-refractivity contribution < 1.29 is 5.11 Å². The molecule has 0 aromatic rings. The van der Waals surface area contributed by atoms with E-state index >= 15 is 0 Å². The first-order chi connectivity index (χ1) is 7.81. The van der Waals surface area contributed by atoms with Crippen LogP contribution < -0.4 is 5.32 Å². The lowest BCUT2D eigenvalue weighted by molar-refractivity contribution is 0.234. The van der Waals surface area contributed by atoms with Crippen LogP contribution in [-0.4, -0.2) is 23.8 Å². The smallest absolute Gasteiger partial charge is 0.0494 e. The third-order valence-corrected chi connectivity index (χ3v) is 4.22. The number of aliphatic hydroxyl groups excluding tert-OH is 1. The summed E-state index contributed by atoms with van der Waals surface area (Å²) in [4.78, 5) is 0. The summed E-state index contributed by atoms with van der Waals surface area (Å²) in [5, 5.41) is 12.8. The minimum absolute atomic E-state index is 0.303. The van der Waals surface area contributed by atoms with E-state index in [0.717, 1.165) is 12.3 Å². The molecule has 0 aliphatic heterocycles. The van der Waals surface area contributed by atoms with Gasteiger partial charge in [-0.05, 0) is 25.2 Å². The minimum Gasteiger partial charge on any atom is -0.396 e. The molecule has 0 amide bonds. The number of aliphatic hydroxyl groups is 1. The van der Waals surface area contributed by atoms with Gasteiger partial charge in [-0.1, -0.05) is 38.3 Å². The molecular weight excluding hydrogens is 198 g/mol. The molecule has 2 aliphatic rings. The Bertz CT molecular complexity index is 239. The zero-order valence-electron chi connectivity index (χ0n) is 10.4. The second kappa shape index (κ2) is 5.83. The van der Waals surface area contributed by atoms with Crippen molar-refractivity contribution in [1.82, 2.24) is 5.32 Å². The van der Waals surface area contributed by atoms with Crippen LogP contribution in [-0.2, 0) is 0 Å². The monoisotopic (exact) mass is 223 g/mol. The zero-order valence-corrected chi connectivity index (χ0v) is 10.4. The highest BCUT2D eigenvalue weighted by Crippen LogP contribution is 2.28. The lowest BCUT2D eigenvalue weighted by atomic mass is 9.84. The number of nitrogens with one attached hydrogen (secondary N) is 1. The highest BCUT2D eigenvalue weighted by atomic mass is 16.3. The van der Waals surface area contributed by atoms with E-state index in [-0.39, 0.29) is 0 Å². The topological polar surface area (TPSA) is 32.3 Å². The third-order valence-electron chi connectivity index (χ3n) is 4.22. The van der Waals surface area contributed by atoms with Gasteiger partial charge < -0.3 is 10.4 Å². The van der Waals surface area contributed by atoms with E-state index in [9.17, 15) is 0 Å². The normalized spacial score (nSPS) is 39.1. The van der Waals surface area contributed by atoms with Gasteiger partial charge in [-0.2, -0.15) is 0 Å².